The molecule has 0 aromatic heterocycles. The number of rotatable bonds is 7. The van der Waals surface area contributed by atoms with Crippen molar-refractivity contribution in [3.8, 4) is 0 Å². The molecule has 4 saturated carbocycles. The van der Waals surface area contributed by atoms with Crippen molar-refractivity contribution in [3.05, 3.63) is 0 Å². The van der Waals surface area contributed by atoms with Gasteiger partial charge in [-0.3, -0.25) is 23.6 Å². The minimum atomic E-state index is -1.00. The van der Waals surface area contributed by atoms with Crippen molar-refractivity contribution in [2.75, 3.05) is 13.8 Å². The number of halogens is 1. The van der Waals surface area contributed by atoms with Gasteiger partial charge in [0, 0.05) is 17.8 Å². The number of carbonyl (C=O) groups excluding carboxylic acids is 4. The SMILES string of the molecule is CC(=O)C1CCC(C)(C)CC1.CC(C)(C)[O-].CC1(C)CCC(C(=O)CC(=O)C2CCC(C)(C)CC2)CC1.CCOC(=O)C1CCC(C)(C)CC1.[2H]CF.[K+]. The molecular weight excluding hydrogens is 695 g/mol. The Bertz CT molecular complexity index is 1030. The Labute approximate surface area is 370 Å². The van der Waals surface area contributed by atoms with Crippen LogP contribution >= 0.6 is 0 Å². The number of esters is 1. The van der Waals surface area contributed by atoms with E-state index in [-0.39, 0.29) is 93.1 Å². The molecule has 4 aliphatic rings. The summed E-state index contributed by atoms with van der Waals surface area (Å²) in [6.45, 7) is 27.3. The van der Waals surface area contributed by atoms with E-state index in [0.29, 0.717) is 40.0 Å². The van der Waals surface area contributed by atoms with Gasteiger partial charge in [0.2, 0.25) is 0 Å². The first-order chi connectivity index (χ1) is 24.2. The second-order valence-electron chi connectivity index (χ2n) is 20.3. The zero-order valence-corrected chi connectivity index (χ0v) is 40.2. The van der Waals surface area contributed by atoms with Crippen molar-refractivity contribution in [3.63, 3.8) is 0 Å². The molecule has 0 N–H and O–H groups in total. The van der Waals surface area contributed by atoms with Gasteiger partial charge in [0.15, 0.2) is 0 Å². The number of hydrogen-bond acceptors (Lipinski definition) is 6. The van der Waals surface area contributed by atoms with Crippen molar-refractivity contribution in [1.82, 2.24) is 0 Å². The standard InChI is InChI=1S/C19H32O2.C11H20O2.C10H18O.C4H9O.CH3F.K/c1-18(2)9-5-14(6-10-18)16(20)13-17(21)15-7-11-19(3,4)12-8-15;1-4-13-10(12)9-5-7-11(2,3)8-6-9;1-8(11)9-4-6-10(2,3)7-5-9;1-4(2,3)5;1-2;/h14-15H,5-13H2,1-4H3;9H,4-8H2,1-3H3;9H,4-7H2,1-3H3;1-3H3;1H3;/q;;;-1;;+1/i;;;;1D;. The molecule has 4 fully saturated rings. The first-order valence-electron chi connectivity index (χ1n) is 21.2. The summed E-state index contributed by atoms with van der Waals surface area (Å²) >= 11 is 0. The molecule has 0 spiro atoms. The third kappa shape index (κ3) is 25.8. The van der Waals surface area contributed by atoms with Gasteiger partial charge in [0.25, 0.3) is 0 Å². The smallest absolute Gasteiger partial charge is 0.850 e. The molecule has 0 unspecified atom stereocenters. The van der Waals surface area contributed by atoms with E-state index in [1.807, 2.05) is 6.92 Å². The van der Waals surface area contributed by atoms with Crippen molar-refractivity contribution in [1.29, 1.82) is 0 Å². The molecule has 306 valence electrons. The minimum Gasteiger partial charge on any atom is -0.850 e. The van der Waals surface area contributed by atoms with Gasteiger partial charge < -0.3 is 9.84 Å². The molecule has 0 amide bonds. The molecule has 0 radical (unpaired) electrons. The molecule has 4 rings (SSSR count). The molecule has 6 nitrogen and oxygen atoms in total. The maximum Gasteiger partial charge on any atom is 1.00 e. The molecule has 0 saturated heterocycles. The number of ketones is 3. The summed E-state index contributed by atoms with van der Waals surface area (Å²) in [7, 11) is -1.00. The van der Waals surface area contributed by atoms with Crippen LogP contribution in [0.2, 0.25) is 0 Å². The largest absolute Gasteiger partial charge is 1.00 e. The molecule has 0 aliphatic heterocycles. The van der Waals surface area contributed by atoms with E-state index in [1.165, 1.54) is 12.8 Å². The maximum atomic E-state index is 12.4. The summed E-state index contributed by atoms with van der Waals surface area (Å²) in [5, 5.41) is 10.1. The Balaban J connectivity index is 0. The van der Waals surface area contributed by atoms with Crippen molar-refractivity contribution in [2.45, 2.75) is 205 Å². The monoisotopic (exact) mass is 778 g/mol. The molecule has 0 atom stereocenters. The predicted octanol–water partition coefficient (Wildman–Crippen LogP) is 8.24. The van der Waals surface area contributed by atoms with Crippen molar-refractivity contribution < 1.29 is 86.2 Å². The van der Waals surface area contributed by atoms with Gasteiger partial charge in [-0.05, 0) is 138 Å². The van der Waals surface area contributed by atoms with E-state index < -0.39 is 12.8 Å². The van der Waals surface area contributed by atoms with E-state index >= 15 is 0 Å². The fourth-order valence-electron chi connectivity index (χ4n) is 7.60. The summed E-state index contributed by atoms with van der Waals surface area (Å²) in [5.41, 5.74) is 0.945. The average molecular weight is 778 g/mol. The quantitative estimate of drug-likeness (QED) is 0.147. The van der Waals surface area contributed by atoms with Crippen LogP contribution in [0.3, 0.4) is 0 Å². The third-order valence-corrected chi connectivity index (χ3v) is 11.8. The van der Waals surface area contributed by atoms with Gasteiger partial charge in [0.1, 0.15) is 17.3 Å². The molecule has 8 heteroatoms. The normalized spacial score (nSPS) is 22.7. The second kappa shape index (κ2) is 25.4. The zero-order chi connectivity index (χ0) is 41.3. The molecule has 0 aromatic rings. The van der Waals surface area contributed by atoms with Crippen LogP contribution in [0.25, 0.3) is 0 Å². The van der Waals surface area contributed by atoms with Crippen LogP contribution in [0.4, 0.5) is 4.39 Å². The first-order valence-corrected chi connectivity index (χ1v) is 20.4. The fraction of sp³-hybridized carbons (Fsp3) is 0.911. The van der Waals surface area contributed by atoms with Crippen molar-refractivity contribution >= 4 is 23.3 Å². The number of hydrogen-bond donors (Lipinski definition) is 0. The average Bonchev–Trinajstić information content (AvgIpc) is 3.01. The van der Waals surface area contributed by atoms with Crippen LogP contribution in [0.1, 0.15) is 201 Å². The summed E-state index contributed by atoms with van der Waals surface area (Å²) in [6, 6.07) is 0. The Hall–Kier alpha value is 0.00636. The van der Waals surface area contributed by atoms with Gasteiger partial charge in [-0.25, -0.2) is 0 Å². The summed E-state index contributed by atoms with van der Waals surface area (Å²) in [4.78, 5) is 47.1. The number of Topliss-reactive ketones (excluding diaryl/α,β-unsaturated/α-hetero) is 3. The molecule has 53 heavy (non-hydrogen) atoms. The summed E-state index contributed by atoms with van der Waals surface area (Å²) in [6.07, 6.45) is 17.6. The first kappa shape index (κ1) is 53.0. The Morgan fingerprint density at radius 1 is 0.623 bits per heavy atom. The van der Waals surface area contributed by atoms with Gasteiger partial charge in [-0.1, -0.05) is 76.2 Å². The topological polar surface area (TPSA) is 101 Å². The minimum absolute atomic E-state index is 0. The van der Waals surface area contributed by atoms with E-state index in [0.717, 1.165) is 89.9 Å². The second-order valence-corrected chi connectivity index (χ2v) is 20.3. The fourth-order valence-corrected chi connectivity index (χ4v) is 7.60. The van der Waals surface area contributed by atoms with E-state index in [2.05, 4.69) is 55.4 Å². The Morgan fingerprint density at radius 2 is 0.849 bits per heavy atom. The maximum absolute atomic E-state index is 12.4. The Morgan fingerprint density at radius 3 is 1.08 bits per heavy atom. The molecule has 4 aliphatic carbocycles. The Kier molecular flexibility index (Phi) is 25.4. The van der Waals surface area contributed by atoms with Gasteiger partial charge >= 0.3 is 57.4 Å². The van der Waals surface area contributed by atoms with E-state index in [1.54, 1.807) is 27.7 Å². The molecule has 0 bridgehead atoms. The molecule has 0 heterocycles. The molecule has 0 aromatic carbocycles. The van der Waals surface area contributed by atoms with Crippen LogP contribution in [-0.4, -0.2) is 42.7 Å². The van der Waals surface area contributed by atoms with Crippen LogP contribution < -0.4 is 56.5 Å². The van der Waals surface area contributed by atoms with Gasteiger partial charge in [-0.2, -0.15) is 0 Å². The zero-order valence-electron chi connectivity index (χ0n) is 38.1. The summed E-state index contributed by atoms with van der Waals surface area (Å²) < 4.78 is 20.5. The number of ether oxygens (including phenoxy) is 1. The summed E-state index contributed by atoms with van der Waals surface area (Å²) in [5.74, 6) is 1.71. The predicted molar refractivity (Wildman–Crippen MR) is 212 cm³/mol. The van der Waals surface area contributed by atoms with Gasteiger partial charge in [-0.15, -0.1) is 5.60 Å². The van der Waals surface area contributed by atoms with Crippen LogP contribution in [0.5, 0.6) is 0 Å². The van der Waals surface area contributed by atoms with Crippen molar-refractivity contribution in [2.24, 2.45) is 45.3 Å². The van der Waals surface area contributed by atoms with Crippen LogP contribution in [0, 0.1) is 45.3 Å². The number of alkyl halides is 1. The molecular formula is C45H82FKO6. The van der Waals surface area contributed by atoms with Gasteiger partial charge in [0.05, 0.1) is 27.5 Å². The van der Waals surface area contributed by atoms with E-state index in [9.17, 15) is 28.7 Å². The van der Waals surface area contributed by atoms with Crippen LogP contribution in [0.15, 0.2) is 0 Å². The van der Waals surface area contributed by atoms with Crippen LogP contribution in [-0.2, 0) is 23.9 Å². The number of carbonyl (C=O) groups is 4. The third-order valence-electron chi connectivity index (χ3n) is 11.8. The van der Waals surface area contributed by atoms with E-state index in [4.69, 9.17) is 6.11 Å².